The SMILES string of the molecule is Cc1ccc(NC(=O)C(=O)NCC(c2cccnc2)N2CCc3ccccc3C2)cc1F. The Morgan fingerprint density at radius 3 is 2.66 bits per heavy atom. The normalized spacial score (nSPS) is 14.3. The minimum atomic E-state index is -0.831. The van der Waals surface area contributed by atoms with Gasteiger partial charge in [0, 0.05) is 37.7 Å². The average molecular weight is 432 g/mol. The van der Waals surface area contributed by atoms with Crippen molar-refractivity contribution in [3.05, 3.63) is 95.1 Å². The maximum absolute atomic E-state index is 13.7. The molecule has 3 aromatic rings. The molecule has 0 bridgehead atoms. The van der Waals surface area contributed by atoms with E-state index in [4.69, 9.17) is 0 Å². The first-order valence-electron chi connectivity index (χ1n) is 10.6. The highest BCUT2D eigenvalue weighted by atomic mass is 19.1. The van der Waals surface area contributed by atoms with Crippen LogP contribution in [-0.4, -0.2) is 34.8 Å². The lowest BCUT2D eigenvalue weighted by atomic mass is 9.97. The zero-order valence-corrected chi connectivity index (χ0v) is 17.8. The smallest absolute Gasteiger partial charge is 0.313 e. The molecule has 0 spiro atoms. The van der Waals surface area contributed by atoms with Crippen LogP contribution < -0.4 is 10.6 Å². The summed E-state index contributed by atoms with van der Waals surface area (Å²) in [5.41, 5.74) is 4.27. The maximum Gasteiger partial charge on any atom is 0.313 e. The Morgan fingerprint density at radius 1 is 1.09 bits per heavy atom. The Bertz CT molecular complexity index is 1120. The Hall–Kier alpha value is -3.58. The molecular weight excluding hydrogens is 407 g/mol. The molecule has 0 saturated carbocycles. The van der Waals surface area contributed by atoms with E-state index in [9.17, 15) is 14.0 Å². The number of fused-ring (bicyclic) bond motifs is 1. The van der Waals surface area contributed by atoms with E-state index < -0.39 is 17.6 Å². The van der Waals surface area contributed by atoms with E-state index in [1.807, 2.05) is 24.3 Å². The second kappa shape index (κ2) is 9.70. The van der Waals surface area contributed by atoms with Crippen LogP contribution in [0.3, 0.4) is 0 Å². The number of aromatic nitrogens is 1. The fourth-order valence-corrected chi connectivity index (χ4v) is 3.94. The number of hydrogen-bond acceptors (Lipinski definition) is 4. The van der Waals surface area contributed by atoms with Gasteiger partial charge in [0.1, 0.15) is 5.82 Å². The molecule has 7 heteroatoms. The zero-order valence-electron chi connectivity index (χ0n) is 17.8. The van der Waals surface area contributed by atoms with Crippen LogP contribution in [0.15, 0.2) is 67.0 Å². The van der Waals surface area contributed by atoms with Gasteiger partial charge >= 0.3 is 11.8 Å². The van der Waals surface area contributed by atoms with Gasteiger partial charge < -0.3 is 10.6 Å². The van der Waals surface area contributed by atoms with Crippen molar-refractivity contribution in [1.82, 2.24) is 15.2 Å². The highest BCUT2D eigenvalue weighted by molar-refractivity contribution is 6.39. The van der Waals surface area contributed by atoms with Crippen molar-refractivity contribution in [1.29, 1.82) is 0 Å². The summed E-state index contributed by atoms with van der Waals surface area (Å²) < 4.78 is 13.7. The number of hydrogen-bond donors (Lipinski definition) is 2. The van der Waals surface area contributed by atoms with Crippen LogP contribution in [0.1, 0.15) is 28.3 Å². The van der Waals surface area contributed by atoms with Gasteiger partial charge in [-0.2, -0.15) is 0 Å². The molecule has 2 amide bonds. The summed E-state index contributed by atoms with van der Waals surface area (Å²) in [5.74, 6) is -2.04. The number of carbonyl (C=O) groups is 2. The number of pyridine rings is 1. The van der Waals surface area contributed by atoms with Crippen LogP contribution in [0.2, 0.25) is 0 Å². The molecular formula is C25H25FN4O2. The van der Waals surface area contributed by atoms with Crippen molar-refractivity contribution in [2.24, 2.45) is 0 Å². The fraction of sp³-hybridized carbons (Fsp3) is 0.240. The molecule has 1 aromatic heterocycles. The number of rotatable bonds is 5. The molecule has 32 heavy (non-hydrogen) atoms. The van der Waals surface area contributed by atoms with Crippen LogP contribution in [-0.2, 0) is 22.6 Å². The number of halogens is 1. The summed E-state index contributed by atoms with van der Waals surface area (Å²) in [6.07, 6.45) is 4.41. The third-order valence-electron chi connectivity index (χ3n) is 5.76. The van der Waals surface area contributed by atoms with Crippen molar-refractivity contribution in [2.45, 2.75) is 25.9 Å². The molecule has 1 atom stereocenters. The molecule has 1 unspecified atom stereocenters. The lowest BCUT2D eigenvalue weighted by Gasteiger charge is -2.35. The summed E-state index contributed by atoms with van der Waals surface area (Å²) in [4.78, 5) is 31.3. The fourth-order valence-electron chi connectivity index (χ4n) is 3.94. The standard InChI is InChI=1S/C25H25FN4O2/c1-17-8-9-21(13-22(17)26)29-25(32)24(31)28-15-23(19-7-4-11-27-14-19)30-12-10-18-5-2-3-6-20(18)16-30/h2-9,11,13-14,23H,10,12,15-16H2,1H3,(H,28,31)(H,29,32). The van der Waals surface area contributed by atoms with Gasteiger partial charge in [0.15, 0.2) is 0 Å². The molecule has 0 fully saturated rings. The van der Waals surface area contributed by atoms with Crippen molar-refractivity contribution in [3.63, 3.8) is 0 Å². The number of anilines is 1. The van der Waals surface area contributed by atoms with Crippen LogP contribution >= 0.6 is 0 Å². The van der Waals surface area contributed by atoms with Crippen LogP contribution in [0.4, 0.5) is 10.1 Å². The summed E-state index contributed by atoms with van der Waals surface area (Å²) in [6.45, 7) is 3.47. The van der Waals surface area contributed by atoms with E-state index in [1.54, 1.807) is 31.5 Å². The topological polar surface area (TPSA) is 74.3 Å². The van der Waals surface area contributed by atoms with E-state index >= 15 is 0 Å². The molecule has 2 aromatic carbocycles. The summed E-state index contributed by atoms with van der Waals surface area (Å²) >= 11 is 0. The average Bonchev–Trinajstić information content (AvgIpc) is 2.82. The first-order valence-corrected chi connectivity index (χ1v) is 10.6. The van der Waals surface area contributed by atoms with E-state index in [0.717, 1.165) is 25.1 Å². The van der Waals surface area contributed by atoms with Gasteiger partial charge in [0.25, 0.3) is 0 Å². The minimum Gasteiger partial charge on any atom is -0.346 e. The largest absolute Gasteiger partial charge is 0.346 e. The highest BCUT2D eigenvalue weighted by Crippen LogP contribution is 2.27. The molecule has 164 valence electrons. The molecule has 1 aliphatic rings. The van der Waals surface area contributed by atoms with Gasteiger partial charge in [-0.15, -0.1) is 0 Å². The van der Waals surface area contributed by atoms with Gasteiger partial charge in [0.2, 0.25) is 0 Å². The Morgan fingerprint density at radius 2 is 1.91 bits per heavy atom. The minimum absolute atomic E-state index is 0.134. The number of amides is 2. The molecule has 0 radical (unpaired) electrons. The highest BCUT2D eigenvalue weighted by Gasteiger charge is 2.26. The predicted molar refractivity (Wildman–Crippen MR) is 120 cm³/mol. The number of nitrogens with zero attached hydrogens (tertiary/aromatic N) is 2. The van der Waals surface area contributed by atoms with Gasteiger partial charge in [-0.25, -0.2) is 4.39 Å². The summed E-state index contributed by atoms with van der Waals surface area (Å²) in [7, 11) is 0. The number of nitrogens with one attached hydrogen (secondary N) is 2. The second-order valence-electron chi connectivity index (χ2n) is 7.92. The van der Waals surface area contributed by atoms with E-state index in [0.29, 0.717) is 5.56 Å². The lowest BCUT2D eigenvalue weighted by molar-refractivity contribution is -0.136. The van der Waals surface area contributed by atoms with Gasteiger partial charge in [-0.05, 0) is 53.8 Å². The molecule has 2 heterocycles. The van der Waals surface area contributed by atoms with Crippen molar-refractivity contribution in [2.75, 3.05) is 18.4 Å². The van der Waals surface area contributed by atoms with Gasteiger partial charge in [-0.3, -0.25) is 19.5 Å². The van der Waals surface area contributed by atoms with Crippen LogP contribution in [0, 0.1) is 12.7 Å². The van der Waals surface area contributed by atoms with Crippen molar-refractivity contribution < 1.29 is 14.0 Å². The Kier molecular flexibility index (Phi) is 6.56. The van der Waals surface area contributed by atoms with Crippen LogP contribution in [0.5, 0.6) is 0 Å². The first-order chi connectivity index (χ1) is 15.5. The molecule has 6 nitrogen and oxygen atoms in total. The maximum atomic E-state index is 13.7. The third kappa shape index (κ3) is 5.00. The van der Waals surface area contributed by atoms with Gasteiger partial charge in [-0.1, -0.05) is 36.4 Å². The first kappa shape index (κ1) is 21.6. The zero-order chi connectivity index (χ0) is 22.5. The molecule has 4 rings (SSSR count). The second-order valence-corrected chi connectivity index (χ2v) is 7.92. The Labute approximate surface area is 186 Å². The van der Waals surface area contributed by atoms with Gasteiger partial charge in [0.05, 0.1) is 6.04 Å². The molecule has 2 N–H and O–H groups in total. The lowest BCUT2D eigenvalue weighted by Crippen LogP contribution is -2.43. The molecule has 0 aliphatic carbocycles. The third-order valence-corrected chi connectivity index (χ3v) is 5.76. The van der Waals surface area contributed by atoms with Crippen molar-refractivity contribution in [3.8, 4) is 0 Å². The monoisotopic (exact) mass is 432 g/mol. The number of benzene rings is 2. The summed E-state index contributed by atoms with van der Waals surface area (Å²) in [5, 5.41) is 5.18. The van der Waals surface area contributed by atoms with E-state index in [1.165, 1.54) is 17.2 Å². The van der Waals surface area contributed by atoms with E-state index in [2.05, 4.69) is 32.7 Å². The van der Waals surface area contributed by atoms with Crippen molar-refractivity contribution >= 4 is 17.5 Å². The predicted octanol–water partition coefficient (Wildman–Crippen LogP) is 3.38. The van der Waals surface area contributed by atoms with E-state index in [-0.39, 0.29) is 18.3 Å². The Balaban J connectivity index is 1.44. The summed E-state index contributed by atoms with van der Waals surface area (Å²) in [6, 6.07) is 16.4. The molecule has 0 saturated heterocycles. The quantitative estimate of drug-likeness (QED) is 0.606. The number of aryl methyl sites for hydroxylation is 1. The molecule has 1 aliphatic heterocycles. The van der Waals surface area contributed by atoms with Crippen LogP contribution in [0.25, 0.3) is 0 Å². The number of carbonyl (C=O) groups excluding carboxylic acids is 2.